The molecule has 5 nitrogen and oxygen atoms in total. The van der Waals surface area contributed by atoms with Crippen LogP contribution in [0.25, 0.3) is 0 Å². The molecule has 1 N–H and O–H groups in total. The molecule has 0 radical (unpaired) electrons. The first-order valence-electron chi connectivity index (χ1n) is 4.99. The van der Waals surface area contributed by atoms with Crippen LogP contribution in [0.1, 0.15) is 27.2 Å². The van der Waals surface area contributed by atoms with Gasteiger partial charge in [0.2, 0.25) is 15.9 Å². The summed E-state index contributed by atoms with van der Waals surface area (Å²) in [6.07, 6.45) is 1.97. The summed E-state index contributed by atoms with van der Waals surface area (Å²) in [5.41, 5.74) is 0. The largest absolute Gasteiger partial charge is 0.339 e. The third-order valence-electron chi connectivity index (χ3n) is 2.24. The van der Waals surface area contributed by atoms with Crippen LogP contribution in [-0.4, -0.2) is 44.6 Å². The first-order valence-corrected chi connectivity index (χ1v) is 6.89. The Hall–Kier alpha value is -0.620. The first-order chi connectivity index (χ1) is 6.78. The van der Waals surface area contributed by atoms with Crippen molar-refractivity contribution in [3.63, 3.8) is 0 Å². The molecule has 90 valence electrons. The molecule has 6 heteroatoms. The third-order valence-corrected chi connectivity index (χ3v) is 2.97. The second kappa shape index (κ2) is 6.07. The molecule has 0 aromatic carbocycles. The van der Waals surface area contributed by atoms with Crippen LogP contribution >= 0.6 is 0 Å². The Labute approximate surface area is 91.9 Å². The van der Waals surface area contributed by atoms with Gasteiger partial charge in [-0.1, -0.05) is 6.92 Å². The lowest BCUT2D eigenvalue weighted by molar-refractivity contribution is -0.130. The van der Waals surface area contributed by atoms with Gasteiger partial charge in [0, 0.05) is 26.1 Å². The molecule has 1 unspecified atom stereocenters. The van der Waals surface area contributed by atoms with Gasteiger partial charge in [-0.2, -0.15) is 0 Å². The van der Waals surface area contributed by atoms with Crippen molar-refractivity contribution in [3.05, 3.63) is 0 Å². The predicted molar refractivity (Wildman–Crippen MR) is 60.0 cm³/mol. The lowest BCUT2D eigenvalue weighted by Crippen LogP contribution is -2.42. The molecule has 0 bridgehead atoms. The van der Waals surface area contributed by atoms with Gasteiger partial charge in [-0.15, -0.1) is 0 Å². The maximum Gasteiger partial charge on any atom is 0.219 e. The van der Waals surface area contributed by atoms with Crippen molar-refractivity contribution in [3.8, 4) is 0 Å². The Morgan fingerprint density at radius 2 is 2.00 bits per heavy atom. The minimum absolute atomic E-state index is 0.0281. The summed E-state index contributed by atoms with van der Waals surface area (Å²) in [7, 11) is -3.17. The zero-order valence-electron chi connectivity index (χ0n) is 9.78. The van der Waals surface area contributed by atoms with Gasteiger partial charge in [-0.3, -0.25) is 4.79 Å². The van der Waals surface area contributed by atoms with Crippen LogP contribution in [0.4, 0.5) is 0 Å². The molecule has 0 rings (SSSR count). The Bertz CT molecular complexity index is 300. The van der Waals surface area contributed by atoms with Crippen molar-refractivity contribution in [2.45, 2.75) is 33.2 Å². The van der Waals surface area contributed by atoms with Crippen molar-refractivity contribution >= 4 is 15.9 Å². The maximum atomic E-state index is 11.2. The number of nitrogens with zero attached hydrogens (tertiary/aromatic N) is 1. The molecule has 0 aliphatic rings. The quantitative estimate of drug-likeness (QED) is 0.715. The fourth-order valence-corrected chi connectivity index (χ4v) is 1.72. The van der Waals surface area contributed by atoms with E-state index in [4.69, 9.17) is 0 Å². The summed E-state index contributed by atoms with van der Waals surface area (Å²) < 4.78 is 24.0. The lowest BCUT2D eigenvalue weighted by Gasteiger charge is -2.27. The summed E-state index contributed by atoms with van der Waals surface area (Å²) in [5, 5.41) is 0. The predicted octanol–water partition coefficient (Wildman–Crippen LogP) is 0.183. The van der Waals surface area contributed by atoms with Gasteiger partial charge >= 0.3 is 0 Å². The monoisotopic (exact) mass is 236 g/mol. The second-order valence-electron chi connectivity index (χ2n) is 3.64. The van der Waals surface area contributed by atoms with Crippen molar-refractivity contribution in [1.29, 1.82) is 0 Å². The molecule has 0 aromatic rings. The zero-order valence-corrected chi connectivity index (χ0v) is 10.6. The van der Waals surface area contributed by atoms with Gasteiger partial charge in [0.25, 0.3) is 0 Å². The van der Waals surface area contributed by atoms with Crippen molar-refractivity contribution in [2.75, 3.05) is 19.3 Å². The Kier molecular flexibility index (Phi) is 5.82. The van der Waals surface area contributed by atoms with Gasteiger partial charge in [-0.05, 0) is 13.3 Å². The molecule has 15 heavy (non-hydrogen) atoms. The van der Waals surface area contributed by atoms with E-state index in [1.54, 1.807) is 4.90 Å². The second-order valence-corrected chi connectivity index (χ2v) is 5.47. The highest BCUT2D eigenvalue weighted by Crippen LogP contribution is 2.02. The van der Waals surface area contributed by atoms with Gasteiger partial charge in [-0.25, -0.2) is 13.1 Å². The Morgan fingerprint density at radius 3 is 2.33 bits per heavy atom. The van der Waals surface area contributed by atoms with Crippen LogP contribution in [0.3, 0.4) is 0 Å². The molecule has 0 aromatic heterocycles. The number of hydrogen-bond acceptors (Lipinski definition) is 3. The maximum absolute atomic E-state index is 11.2. The van der Waals surface area contributed by atoms with Crippen molar-refractivity contribution < 1.29 is 13.2 Å². The van der Waals surface area contributed by atoms with E-state index in [1.165, 1.54) is 6.92 Å². The number of nitrogens with one attached hydrogen (secondary N) is 1. The fraction of sp³-hybridized carbons (Fsp3) is 0.889. The number of amides is 1. The molecule has 0 saturated carbocycles. The number of carbonyl (C=O) groups excluding carboxylic acids is 1. The van der Waals surface area contributed by atoms with E-state index >= 15 is 0 Å². The number of hydrogen-bond donors (Lipinski definition) is 1. The molecule has 0 aliphatic heterocycles. The van der Waals surface area contributed by atoms with Gasteiger partial charge in [0.05, 0.1) is 6.26 Å². The molecular weight excluding hydrogens is 216 g/mol. The van der Waals surface area contributed by atoms with Gasteiger partial charge < -0.3 is 4.90 Å². The first kappa shape index (κ1) is 14.4. The standard InChI is InChI=1S/C9H20N2O3S/c1-5-8(2)11(9(3)12)7-6-10-15(4,13)14/h8,10H,5-7H2,1-4H3. The van der Waals surface area contributed by atoms with E-state index in [0.717, 1.165) is 12.7 Å². The van der Waals surface area contributed by atoms with Gasteiger partial charge in [0.15, 0.2) is 0 Å². The van der Waals surface area contributed by atoms with E-state index in [2.05, 4.69) is 4.72 Å². The molecule has 0 saturated heterocycles. The smallest absolute Gasteiger partial charge is 0.219 e. The molecule has 0 heterocycles. The molecule has 1 amide bonds. The van der Waals surface area contributed by atoms with E-state index in [-0.39, 0.29) is 18.5 Å². The minimum atomic E-state index is -3.17. The Morgan fingerprint density at radius 1 is 1.47 bits per heavy atom. The average Bonchev–Trinajstić information content (AvgIpc) is 2.09. The van der Waals surface area contributed by atoms with E-state index in [1.807, 2.05) is 13.8 Å². The van der Waals surface area contributed by atoms with Crippen molar-refractivity contribution in [2.24, 2.45) is 0 Å². The molecule has 1 atom stereocenters. The highest BCUT2D eigenvalue weighted by molar-refractivity contribution is 7.88. The topological polar surface area (TPSA) is 66.5 Å². The fourth-order valence-electron chi connectivity index (χ4n) is 1.26. The van der Waals surface area contributed by atoms with E-state index < -0.39 is 10.0 Å². The zero-order chi connectivity index (χ0) is 12.1. The third kappa shape index (κ3) is 6.46. The van der Waals surface area contributed by atoms with Gasteiger partial charge in [0.1, 0.15) is 0 Å². The molecule has 0 aliphatic carbocycles. The van der Waals surface area contributed by atoms with E-state index in [9.17, 15) is 13.2 Å². The van der Waals surface area contributed by atoms with Crippen LogP contribution in [0.15, 0.2) is 0 Å². The molecule has 0 fully saturated rings. The summed E-state index contributed by atoms with van der Waals surface area (Å²) in [6.45, 7) is 6.11. The highest BCUT2D eigenvalue weighted by Gasteiger charge is 2.14. The number of sulfonamides is 1. The average molecular weight is 236 g/mol. The van der Waals surface area contributed by atoms with Crippen LogP contribution in [0.5, 0.6) is 0 Å². The molecular formula is C9H20N2O3S. The number of rotatable bonds is 6. The summed E-state index contributed by atoms with van der Waals surface area (Å²) in [6, 6.07) is 0.142. The summed E-state index contributed by atoms with van der Waals surface area (Å²) >= 11 is 0. The lowest BCUT2D eigenvalue weighted by atomic mass is 10.2. The number of carbonyl (C=O) groups is 1. The normalized spacial score (nSPS) is 13.6. The van der Waals surface area contributed by atoms with Crippen LogP contribution in [0.2, 0.25) is 0 Å². The SMILES string of the molecule is CCC(C)N(CCNS(C)(=O)=O)C(C)=O. The van der Waals surface area contributed by atoms with Crippen LogP contribution in [-0.2, 0) is 14.8 Å². The minimum Gasteiger partial charge on any atom is -0.339 e. The highest BCUT2D eigenvalue weighted by atomic mass is 32.2. The molecule has 0 spiro atoms. The van der Waals surface area contributed by atoms with Crippen LogP contribution in [0, 0.1) is 0 Å². The Balaban J connectivity index is 4.15. The van der Waals surface area contributed by atoms with Crippen molar-refractivity contribution in [1.82, 2.24) is 9.62 Å². The summed E-state index contributed by atoms with van der Waals surface area (Å²) in [5.74, 6) is -0.0281. The van der Waals surface area contributed by atoms with Crippen LogP contribution < -0.4 is 4.72 Å². The van der Waals surface area contributed by atoms with E-state index in [0.29, 0.717) is 6.54 Å². The summed E-state index contributed by atoms with van der Waals surface area (Å²) in [4.78, 5) is 12.9.